The van der Waals surface area contributed by atoms with Crippen molar-refractivity contribution in [3.8, 4) is 0 Å². The number of hydrogen-bond donors (Lipinski definition) is 2. The Hall–Kier alpha value is -2.54. The van der Waals surface area contributed by atoms with Crippen LogP contribution in [0.5, 0.6) is 0 Å². The van der Waals surface area contributed by atoms with Gasteiger partial charge in [0, 0.05) is 21.3 Å². The fraction of sp³-hybridized carbons (Fsp3) is 0.0500. The van der Waals surface area contributed by atoms with Crippen molar-refractivity contribution in [3.63, 3.8) is 0 Å². The minimum absolute atomic E-state index is 0.161. The summed E-state index contributed by atoms with van der Waals surface area (Å²) in [4.78, 5) is 12.6. The van der Waals surface area contributed by atoms with Crippen molar-refractivity contribution >= 4 is 50.5 Å². The van der Waals surface area contributed by atoms with Crippen LogP contribution >= 0.6 is 23.2 Å². The van der Waals surface area contributed by atoms with Gasteiger partial charge in [0.05, 0.1) is 10.6 Å². The molecule has 0 spiro atoms. The summed E-state index contributed by atoms with van der Waals surface area (Å²) in [6.07, 6.45) is 0. The number of aryl methyl sites for hydroxylation is 1. The van der Waals surface area contributed by atoms with E-state index in [0.29, 0.717) is 32.5 Å². The van der Waals surface area contributed by atoms with Gasteiger partial charge in [-0.05, 0) is 61.0 Å². The van der Waals surface area contributed by atoms with Crippen LogP contribution in [0.1, 0.15) is 15.9 Å². The Morgan fingerprint density at radius 3 is 2.14 bits per heavy atom. The molecule has 3 aromatic carbocycles. The van der Waals surface area contributed by atoms with Crippen LogP contribution in [-0.4, -0.2) is 14.3 Å². The fourth-order valence-corrected chi connectivity index (χ4v) is 4.23. The first-order valence-corrected chi connectivity index (χ1v) is 10.4. The number of rotatable bonds is 5. The molecule has 0 fully saturated rings. The van der Waals surface area contributed by atoms with Gasteiger partial charge in [0.2, 0.25) is 0 Å². The van der Waals surface area contributed by atoms with Crippen LogP contribution in [0.4, 0.5) is 11.4 Å². The molecule has 0 heterocycles. The van der Waals surface area contributed by atoms with E-state index in [-0.39, 0.29) is 10.8 Å². The monoisotopic (exact) mass is 434 g/mol. The number of amides is 1. The molecule has 0 aliphatic carbocycles. The van der Waals surface area contributed by atoms with Gasteiger partial charge in [-0.3, -0.25) is 9.52 Å². The number of hydrogen-bond acceptors (Lipinski definition) is 3. The van der Waals surface area contributed by atoms with E-state index in [2.05, 4.69) is 10.0 Å². The number of carbonyl (C=O) groups is 1. The van der Waals surface area contributed by atoms with Crippen LogP contribution in [0, 0.1) is 6.92 Å². The van der Waals surface area contributed by atoms with Crippen LogP contribution < -0.4 is 10.0 Å². The molecule has 28 heavy (non-hydrogen) atoms. The lowest BCUT2D eigenvalue weighted by molar-refractivity contribution is 0.102. The summed E-state index contributed by atoms with van der Waals surface area (Å²) in [7, 11) is -3.71. The Balaban J connectivity index is 1.79. The number of sulfonamides is 1. The van der Waals surface area contributed by atoms with Crippen LogP contribution in [0.25, 0.3) is 0 Å². The third kappa shape index (κ3) is 4.84. The Morgan fingerprint density at radius 1 is 0.893 bits per heavy atom. The molecule has 0 bridgehead atoms. The topological polar surface area (TPSA) is 75.3 Å². The fourth-order valence-electron chi connectivity index (χ4n) is 2.55. The van der Waals surface area contributed by atoms with Gasteiger partial charge in [0.1, 0.15) is 0 Å². The normalized spacial score (nSPS) is 11.1. The molecule has 1 amide bonds. The summed E-state index contributed by atoms with van der Waals surface area (Å²) in [6, 6.07) is 17.5. The van der Waals surface area contributed by atoms with Crippen molar-refractivity contribution in [1.82, 2.24) is 0 Å². The maximum atomic E-state index is 12.5. The van der Waals surface area contributed by atoms with E-state index in [1.165, 1.54) is 18.2 Å². The standard InChI is InChI=1S/C20H16Cl2N2O3S/c1-13-9-14(20(25)23-17-11-15(21)10-16(22)12-17)7-8-19(13)24-28(26,27)18-5-3-2-4-6-18/h2-12,24H,1H3,(H,23,25). The molecule has 0 saturated heterocycles. The lowest BCUT2D eigenvalue weighted by atomic mass is 10.1. The highest BCUT2D eigenvalue weighted by Gasteiger charge is 2.16. The maximum absolute atomic E-state index is 12.5. The highest BCUT2D eigenvalue weighted by molar-refractivity contribution is 7.92. The quantitative estimate of drug-likeness (QED) is 0.567. The summed E-state index contributed by atoms with van der Waals surface area (Å²) in [5, 5.41) is 3.53. The van der Waals surface area contributed by atoms with E-state index in [1.54, 1.807) is 55.5 Å². The number of nitrogens with one attached hydrogen (secondary N) is 2. The highest BCUT2D eigenvalue weighted by atomic mass is 35.5. The summed E-state index contributed by atoms with van der Waals surface area (Å²) in [6.45, 7) is 1.72. The molecule has 5 nitrogen and oxygen atoms in total. The third-order valence-corrected chi connectivity index (χ3v) is 5.72. The zero-order valence-electron chi connectivity index (χ0n) is 14.7. The average molecular weight is 435 g/mol. The van der Waals surface area contributed by atoms with E-state index in [0.717, 1.165) is 0 Å². The van der Waals surface area contributed by atoms with Crippen molar-refractivity contribution in [2.75, 3.05) is 10.0 Å². The number of halogens is 2. The SMILES string of the molecule is Cc1cc(C(=O)Nc2cc(Cl)cc(Cl)c2)ccc1NS(=O)(=O)c1ccccc1. The number of carbonyl (C=O) groups excluding carboxylic acids is 1. The van der Waals surface area contributed by atoms with Gasteiger partial charge in [-0.15, -0.1) is 0 Å². The molecular weight excluding hydrogens is 419 g/mol. The van der Waals surface area contributed by atoms with E-state index in [1.807, 2.05) is 0 Å². The number of benzene rings is 3. The van der Waals surface area contributed by atoms with Crippen LogP contribution in [0.3, 0.4) is 0 Å². The molecule has 0 saturated carbocycles. The molecule has 0 radical (unpaired) electrons. The minimum Gasteiger partial charge on any atom is -0.322 e. The average Bonchev–Trinajstić information content (AvgIpc) is 2.63. The zero-order chi connectivity index (χ0) is 20.3. The van der Waals surface area contributed by atoms with Gasteiger partial charge in [0.25, 0.3) is 15.9 Å². The molecule has 0 aliphatic rings. The summed E-state index contributed by atoms with van der Waals surface area (Å²) < 4.78 is 27.5. The number of anilines is 2. The molecule has 0 unspecified atom stereocenters. The largest absolute Gasteiger partial charge is 0.322 e. The Kier molecular flexibility index (Phi) is 5.93. The van der Waals surface area contributed by atoms with Gasteiger partial charge in [-0.2, -0.15) is 0 Å². The highest BCUT2D eigenvalue weighted by Crippen LogP contribution is 2.24. The van der Waals surface area contributed by atoms with Gasteiger partial charge >= 0.3 is 0 Å². The van der Waals surface area contributed by atoms with Crippen molar-refractivity contribution in [3.05, 3.63) is 87.9 Å². The second-order valence-electron chi connectivity index (χ2n) is 6.06. The Labute approximate surface area is 173 Å². The van der Waals surface area contributed by atoms with Crippen LogP contribution in [0.15, 0.2) is 71.6 Å². The third-order valence-electron chi connectivity index (χ3n) is 3.91. The van der Waals surface area contributed by atoms with Gasteiger partial charge in [-0.25, -0.2) is 8.42 Å². The second-order valence-corrected chi connectivity index (χ2v) is 8.62. The lowest BCUT2D eigenvalue weighted by Gasteiger charge is -2.12. The Bertz CT molecular complexity index is 1110. The van der Waals surface area contributed by atoms with Crippen molar-refractivity contribution in [1.29, 1.82) is 0 Å². The lowest BCUT2D eigenvalue weighted by Crippen LogP contribution is -2.15. The van der Waals surface area contributed by atoms with E-state index < -0.39 is 10.0 Å². The van der Waals surface area contributed by atoms with E-state index >= 15 is 0 Å². The molecule has 144 valence electrons. The van der Waals surface area contributed by atoms with Crippen molar-refractivity contribution in [2.24, 2.45) is 0 Å². The summed E-state index contributed by atoms with van der Waals surface area (Å²) >= 11 is 11.9. The smallest absolute Gasteiger partial charge is 0.261 e. The Morgan fingerprint density at radius 2 is 1.54 bits per heavy atom. The molecule has 0 aliphatic heterocycles. The first-order valence-electron chi connectivity index (χ1n) is 8.20. The van der Waals surface area contributed by atoms with E-state index in [9.17, 15) is 13.2 Å². The van der Waals surface area contributed by atoms with Crippen molar-refractivity contribution in [2.45, 2.75) is 11.8 Å². The minimum atomic E-state index is -3.71. The molecule has 3 rings (SSSR count). The maximum Gasteiger partial charge on any atom is 0.261 e. The molecule has 0 aromatic heterocycles. The van der Waals surface area contributed by atoms with Crippen molar-refractivity contribution < 1.29 is 13.2 Å². The first kappa shape index (κ1) is 20.2. The first-order chi connectivity index (χ1) is 13.2. The van der Waals surface area contributed by atoms with Crippen LogP contribution in [0.2, 0.25) is 10.0 Å². The second kappa shape index (κ2) is 8.22. The van der Waals surface area contributed by atoms with Crippen LogP contribution in [-0.2, 0) is 10.0 Å². The van der Waals surface area contributed by atoms with E-state index in [4.69, 9.17) is 23.2 Å². The van der Waals surface area contributed by atoms with Gasteiger partial charge in [-0.1, -0.05) is 41.4 Å². The predicted octanol–water partition coefficient (Wildman–Crippen LogP) is 5.35. The zero-order valence-corrected chi connectivity index (χ0v) is 17.1. The molecule has 0 atom stereocenters. The molecule has 2 N–H and O–H groups in total. The van der Waals surface area contributed by atoms with Gasteiger partial charge < -0.3 is 5.32 Å². The predicted molar refractivity (Wildman–Crippen MR) is 113 cm³/mol. The summed E-state index contributed by atoms with van der Waals surface area (Å²) in [5.41, 5.74) is 1.84. The molecule has 3 aromatic rings. The van der Waals surface area contributed by atoms with Gasteiger partial charge in [0.15, 0.2) is 0 Å². The molecular formula is C20H16Cl2N2O3S. The molecule has 8 heteroatoms. The summed E-state index contributed by atoms with van der Waals surface area (Å²) in [5.74, 6) is -0.362.